The first-order valence-corrected chi connectivity index (χ1v) is 5.62. The minimum absolute atomic E-state index is 0.0120. The molecule has 0 rings (SSSR count). The summed E-state index contributed by atoms with van der Waals surface area (Å²) in [5.74, 6) is 0.0120. The van der Waals surface area contributed by atoms with Crippen LogP contribution in [-0.4, -0.2) is 30.2 Å². The van der Waals surface area contributed by atoms with E-state index in [1.807, 2.05) is 20.8 Å². The quantitative estimate of drug-likeness (QED) is 0.584. The van der Waals surface area contributed by atoms with Gasteiger partial charge in [-0.3, -0.25) is 4.79 Å². The molecule has 0 aromatic carbocycles. The summed E-state index contributed by atoms with van der Waals surface area (Å²) in [6.45, 7) is 6.32. The Morgan fingerprint density at radius 3 is 2.60 bits per heavy atom. The van der Waals surface area contributed by atoms with E-state index in [1.54, 1.807) is 0 Å². The molecule has 0 aliphatic rings. The standard InChI is InChI=1S/C11H24N2O2/c1-4-11(3,8-12)10(15)13-9(2)6-5-7-14/h9,14H,4-8,12H2,1-3H3,(H,13,15). The summed E-state index contributed by atoms with van der Waals surface area (Å²) in [4.78, 5) is 11.8. The van der Waals surface area contributed by atoms with Gasteiger partial charge in [-0.2, -0.15) is 0 Å². The van der Waals surface area contributed by atoms with Crippen LogP contribution in [0.3, 0.4) is 0 Å². The van der Waals surface area contributed by atoms with E-state index in [2.05, 4.69) is 5.32 Å². The molecule has 0 heterocycles. The normalized spacial score (nSPS) is 16.9. The molecule has 15 heavy (non-hydrogen) atoms. The van der Waals surface area contributed by atoms with Gasteiger partial charge in [0, 0.05) is 19.2 Å². The van der Waals surface area contributed by atoms with Crippen molar-refractivity contribution in [3.63, 3.8) is 0 Å². The Balaban J connectivity index is 4.10. The highest BCUT2D eigenvalue weighted by Crippen LogP contribution is 2.19. The molecule has 4 heteroatoms. The second-order valence-electron chi connectivity index (χ2n) is 4.36. The highest BCUT2D eigenvalue weighted by Gasteiger charge is 2.30. The Hall–Kier alpha value is -0.610. The van der Waals surface area contributed by atoms with Crippen molar-refractivity contribution < 1.29 is 9.90 Å². The van der Waals surface area contributed by atoms with E-state index < -0.39 is 5.41 Å². The van der Waals surface area contributed by atoms with Crippen LogP contribution >= 0.6 is 0 Å². The molecule has 90 valence electrons. The first-order valence-electron chi connectivity index (χ1n) is 5.62. The first kappa shape index (κ1) is 14.4. The zero-order chi connectivity index (χ0) is 11.9. The topological polar surface area (TPSA) is 75.4 Å². The molecule has 0 aliphatic heterocycles. The number of aliphatic hydroxyl groups is 1. The minimum atomic E-state index is -0.465. The lowest BCUT2D eigenvalue weighted by atomic mass is 9.86. The van der Waals surface area contributed by atoms with Gasteiger partial charge >= 0.3 is 0 Å². The number of aliphatic hydroxyl groups excluding tert-OH is 1. The molecule has 0 aromatic rings. The number of hydrogen-bond donors (Lipinski definition) is 3. The summed E-state index contributed by atoms with van der Waals surface area (Å²) in [5, 5.41) is 11.6. The number of hydrogen-bond acceptors (Lipinski definition) is 3. The van der Waals surface area contributed by atoms with E-state index in [0.29, 0.717) is 13.0 Å². The van der Waals surface area contributed by atoms with Gasteiger partial charge in [-0.15, -0.1) is 0 Å². The second-order valence-corrected chi connectivity index (χ2v) is 4.36. The zero-order valence-corrected chi connectivity index (χ0v) is 10.0. The average Bonchev–Trinajstić information content (AvgIpc) is 2.24. The summed E-state index contributed by atoms with van der Waals surface area (Å²) < 4.78 is 0. The van der Waals surface area contributed by atoms with Crippen molar-refractivity contribution in [1.82, 2.24) is 5.32 Å². The predicted octanol–water partition coefficient (Wildman–Crippen LogP) is 0.639. The lowest BCUT2D eigenvalue weighted by molar-refractivity contribution is -0.130. The number of carbonyl (C=O) groups excluding carboxylic acids is 1. The van der Waals surface area contributed by atoms with E-state index in [1.165, 1.54) is 0 Å². The fourth-order valence-electron chi connectivity index (χ4n) is 1.27. The second kappa shape index (κ2) is 6.80. The Bertz CT molecular complexity index is 191. The van der Waals surface area contributed by atoms with Gasteiger partial charge in [-0.25, -0.2) is 0 Å². The van der Waals surface area contributed by atoms with Crippen LogP contribution in [-0.2, 0) is 4.79 Å². The van der Waals surface area contributed by atoms with Crippen molar-refractivity contribution >= 4 is 5.91 Å². The van der Waals surface area contributed by atoms with Gasteiger partial charge in [-0.1, -0.05) is 6.92 Å². The Morgan fingerprint density at radius 1 is 1.60 bits per heavy atom. The van der Waals surface area contributed by atoms with E-state index in [0.717, 1.165) is 12.8 Å². The molecule has 0 radical (unpaired) electrons. The van der Waals surface area contributed by atoms with E-state index in [4.69, 9.17) is 10.8 Å². The van der Waals surface area contributed by atoms with Gasteiger partial charge in [0.2, 0.25) is 5.91 Å². The van der Waals surface area contributed by atoms with Gasteiger partial charge in [0.25, 0.3) is 0 Å². The molecule has 4 N–H and O–H groups in total. The maximum absolute atomic E-state index is 11.8. The molecular weight excluding hydrogens is 192 g/mol. The predicted molar refractivity (Wildman–Crippen MR) is 61.4 cm³/mol. The fraction of sp³-hybridized carbons (Fsp3) is 0.909. The smallest absolute Gasteiger partial charge is 0.227 e. The molecule has 1 amide bonds. The molecule has 0 saturated carbocycles. The van der Waals surface area contributed by atoms with Gasteiger partial charge in [0.15, 0.2) is 0 Å². The Kier molecular flexibility index (Phi) is 6.52. The molecule has 0 aliphatic carbocycles. The molecule has 0 fully saturated rings. The maximum atomic E-state index is 11.8. The number of carbonyl (C=O) groups is 1. The van der Waals surface area contributed by atoms with Crippen LogP contribution in [0.2, 0.25) is 0 Å². The largest absolute Gasteiger partial charge is 0.396 e. The van der Waals surface area contributed by atoms with Gasteiger partial charge in [0.05, 0.1) is 5.41 Å². The molecule has 2 atom stereocenters. The molecule has 0 bridgehead atoms. The van der Waals surface area contributed by atoms with Crippen LogP contribution in [0.4, 0.5) is 0 Å². The molecule has 0 spiro atoms. The molecular formula is C11H24N2O2. The van der Waals surface area contributed by atoms with Gasteiger partial charge in [0.1, 0.15) is 0 Å². The summed E-state index contributed by atoms with van der Waals surface area (Å²) in [6, 6.07) is 0.0991. The van der Waals surface area contributed by atoms with E-state index in [-0.39, 0.29) is 18.6 Å². The fourth-order valence-corrected chi connectivity index (χ4v) is 1.27. The Morgan fingerprint density at radius 2 is 2.20 bits per heavy atom. The molecule has 0 saturated heterocycles. The van der Waals surface area contributed by atoms with Gasteiger partial charge < -0.3 is 16.2 Å². The van der Waals surface area contributed by atoms with Crippen molar-refractivity contribution in [3.8, 4) is 0 Å². The van der Waals surface area contributed by atoms with Crippen molar-refractivity contribution in [2.24, 2.45) is 11.1 Å². The summed E-state index contributed by atoms with van der Waals surface area (Å²) in [7, 11) is 0. The number of amides is 1. The van der Waals surface area contributed by atoms with E-state index in [9.17, 15) is 4.79 Å². The van der Waals surface area contributed by atoms with Gasteiger partial charge in [-0.05, 0) is 33.1 Å². The maximum Gasteiger partial charge on any atom is 0.227 e. The summed E-state index contributed by atoms with van der Waals surface area (Å²) in [6.07, 6.45) is 2.25. The molecule has 2 unspecified atom stereocenters. The third kappa shape index (κ3) is 4.62. The lowest BCUT2D eigenvalue weighted by Gasteiger charge is -2.27. The highest BCUT2D eigenvalue weighted by molar-refractivity contribution is 5.82. The molecule has 4 nitrogen and oxygen atoms in total. The van der Waals surface area contributed by atoms with Crippen LogP contribution < -0.4 is 11.1 Å². The molecule has 0 aromatic heterocycles. The third-order valence-corrected chi connectivity index (χ3v) is 2.95. The van der Waals surface area contributed by atoms with Crippen LogP contribution in [0, 0.1) is 5.41 Å². The third-order valence-electron chi connectivity index (χ3n) is 2.95. The number of rotatable bonds is 7. The van der Waals surface area contributed by atoms with Crippen molar-refractivity contribution in [2.45, 2.75) is 46.1 Å². The first-order chi connectivity index (χ1) is 7.00. The van der Waals surface area contributed by atoms with Crippen molar-refractivity contribution in [2.75, 3.05) is 13.2 Å². The summed E-state index contributed by atoms with van der Waals surface area (Å²) >= 11 is 0. The average molecular weight is 216 g/mol. The zero-order valence-electron chi connectivity index (χ0n) is 10.0. The van der Waals surface area contributed by atoms with E-state index >= 15 is 0 Å². The van der Waals surface area contributed by atoms with Crippen molar-refractivity contribution in [1.29, 1.82) is 0 Å². The minimum Gasteiger partial charge on any atom is -0.396 e. The highest BCUT2D eigenvalue weighted by atomic mass is 16.2. The van der Waals surface area contributed by atoms with Crippen molar-refractivity contribution in [3.05, 3.63) is 0 Å². The summed E-state index contributed by atoms with van der Waals surface area (Å²) in [5.41, 5.74) is 5.13. The monoisotopic (exact) mass is 216 g/mol. The SMILES string of the molecule is CCC(C)(CN)C(=O)NC(C)CCCO. The van der Waals surface area contributed by atoms with Crippen LogP contribution in [0.1, 0.15) is 40.0 Å². The van der Waals surface area contributed by atoms with Crippen LogP contribution in [0.15, 0.2) is 0 Å². The Labute approximate surface area is 92.2 Å². The van der Waals surface area contributed by atoms with Crippen LogP contribution in [0.5, 0.6) is 0 Å². The lowest BCUT2D eigenvalue weighted by Crippen LogP contribution is -2.46. The number of nitrogens with one attached hydrogen (secondary N) is 1. The van der Waals surface area contributed by atoms with Crippen LogP contribution in [0.25, 0.3) is 0 Å². The number of nitrogens with two attached hydrogens (primary N) is 1.